The highest BCUT2D eigenvalue weighted by Crippen LogP contribution is 2.31. The van der Waals surface area contributed by atoms with Crippen LogP contribution < -0.4 is 4.74 Å². The molecule has 1 aromatic rings. The second-order valence-electron chi connectivity index (χ2n) is 9.57. The minimum Gasteiger partial charge on any atom is -0.493 e. The normalized spacial score (nSPS) is 25.0. The summed E-state index contributed by atoms with van der Waals surface area (Å²) >= 11 is 0. The Hall–Kier alpha value is -1.59. The number of esters is 1. The molecule has 5 nitrogen and oxygen atoms in total. The maximum absolute atomic E-state index is 12.8. The van der Waals surface area contributed by atoms with Crippen LogP contribution in [0.2, 0.25) is 0 Å². The Balaban J connectivity index is 1.61. The average Bonchev–Trinajstić information content (AvgIpc) is 2.69. The summed E-state index contributed by atoms with van der Waals surface area (Å²) in [5.41, 5.74) is 0.306. The molecule has 3 rings (SSSR count). The van der Waals surface area contributed by atoms with Gasteiger partial charge in [0.05, 0.1) is 24.4 Å². The smallest absolute Gasteiger partial charge is 0.338 e. The molecule has 29 heavy (non-hydrogen) atoms. The third-order valence-electron chi connectivity index (χ3n) is 5.78. The summed E-state index contributed by atoms with van der Waals surface area (Å²) in [7, 11) is 0. The molecule has 2 aliphatic rings. The van der Waals surface area contributed by atoms with Crippen LogP contribution in [0.1, 0.15) is 63.7 Å². The molecule has 2 atom stereocenters. The van der Waals surface area contributed by atoms with E-state index >= 15 is 0 Å². The highest BCUT2D eigenvalue weighted by atomic mass is 16.6. The Morgan fingerprint density at radius 3 is 2.52 bits per heavy atom. The standard InChI is InChI=1S/C24H37NO4/c1-18(2)16-27-21-10-8-19(9-11-21)23(26)29-22-14-24(3,4)28-17-20(22)15-25-12-6-5-7-13-25/h8-11,18,20,22H,5-7,12-17H2,1-4H3/t20-,22+/m1/s1. The molecule has 2 heterocycles. The van der Waals surface area contributed by atoms with Crippen molar-refractivity contribution in [3.05, 3.63) is 29.8 Å². The van der Waals surface area contributed by atoms with Crippen LogP contribution >= 0.6 is 0 Å². The molecule has 0 unspecified atom stereocenters. The predicted molar refractivity (Wildman–Crippen MR) is 114 cm³/mol. The van der Waals surface area contributed by atoms with Crippen LogP contribution in [0.25, 0.3) is 0 Å². The van der Waals surface area contributed by atoms with Gasteiger partial charge in [0.15, 0.2) is 0 Å². The minimum atomic E-state index is -0.266. The second kappa shape index (κ2) is 9.94. The zero-order valence-corrected chi connectivity index (χ0v) is 18.5. The van der Waals surface area contributed by atoms with Gasteiger partial charge in [0.2, 0.25) is 0 Å². The van der Waals surface area contributed by atoms with E-state index in [4.69, 9.17) is 14.2 Å². The Morgan fingerprint density at radius 2 is 1.86 bits per heavy atom. The van der Waals surface area contributed by atoms with Gasteiger partial charge in [-0.15, -0.1) is 0 Å². The van der Waals surface area contributed by atoms with Gasteiger partial charge in [-0.25, -0.2) is 4.79 Å². The second-order valence-corrected chi connectivity index (χ2v) is 9.57. The molecule has 0 N–H and O–H groups in total. The van der Waals surface area contributed by atoms with Gasteiger partial charge in [-0.1, -0.05) is 20.3 Å². The van der Waals surface area contributed by atoms with E-state index in [0.29, 0.717) is 24.7 Å². The number of benzene rings is 1. The molecule has 0 aliphatic carbocycles. The lowest BCUT2D eigenvalue weighted by atomic mass is 9.87. The number of rotatable bonds is 7. The van der Waals surface area contributed by atoms with Crippen molar-refractivity contribution in [2.24, 2.45) is 11.8 Å². The van der Waals surface area contributed by atoms with Crippen molar-refractivity contribution in [1.29, 1.82) is 0 Å². The fraction of sp³-hybridized carbons (Fsp3) is 0.708. The van der Waals surface area contributed by atoms with E-state index in [2.05, 4.69) is 32.6 Å². The van der Waals surface area contributed by atoms with Crippen LogP contribution in [-0.2, 0) is 9.47 Å². The zero-order valence-electron chi connectivity index (χ0n) is 18.5. The molecule has 0 aromatic heterocycles. The summed E-state index contributed by atoms with van der Waals surface area (Å²) in [6.07, 6.45) is 4.45. The Labute approximate surface area is 175 Å². The van der Waals surface area contributed by atoms with Crippen LogP contribution in [0, 0.1) is 11.8 Å². The molecule has 0 amide bonds. The number of nitrogens with zero attached hydrogens (tertiary/aromatic N) is 1. The largest absolute Gasteiger partial charge is 0.493 e. The maximum Gasteiger partial charge on any atom is 0.338 e. The summed E-state index contributed by atoms with van der Waals surface area (Å²) in [4.78, 5) is 15.3. The lowest BCUT2D eigenvalue weighted by Crippen LogP contribution is -2.49. The molecule has 2 fully saturated rings. The van der Waals surface area contributed by atoms with E-state index < -0.39 is 0 Å². The summed E-state index contributed by atoms with van der Waals surface area (Å²) < 4.78 is 17.8. The van der Waals surface area contributed by atoms with Gasteiger partial charge in [-0.2, -0.15) is 0 Å². The first-order chi connectivity index (χ1) is 13.8. The van der Waals surface area contributed by atoms with Crippen molar-refractivity contribution in [3.8, 4) is 5.75 Å². The predicted octanol–water partition coefficient (Wildman–Crippen LogP) is 4.55. The zero-order chi connectivity index (χ0) is 20.9. The molecule has 2 saturated heterocycles. The average molecular weight is 404 g/mol. The van der Waals surface area contributed by atoms with Gasteiger partial charge in [-0.05, 0) is 70.0 Å². The number of ether oxygens (including phenoxy) is 3. The summed E-state index contributed by atoms with van der Waals surface area (Å²) in [6.45, 7) is 12.9. The van der Waals surface area contributed by atoms with Gasteiger partial charge in [0.25, 0.3) is 0 Å². The number of hydrogen-bond donors (Lipinski definition) is 0. The first kappa shape index (κ1) is 22.1. The third kappa shape index (κ3) is 6.71. The van der Waals surface area contributed by atoms with Crippen LogP contribution in [0.4, 0.5) is 0 Å². The van der Waals surface area contributed by atoms with Crippen LogP contribution in [-0.4, -0.2) is 55.4 Å². The number of carbonyl (C=O) groups excluding carboxylic acids is 1. The van der Waals surface area contributed by atoms with Gasteiger partial charge < -0.3 is 19.1 Å². The minimum absolute atomic E-state index is 0.120. The quantitative estimate of drug-likeness (QED) is 0.625. The molecule has 5 heteroatoms. The SMILES string of the molecule is CC(C)COc1ccc(C(=O)O[C@H]2CC(C)(C)OC[C@H]2CN2CCCCC2)cc1. The highest BCUT2D eigenvalue weighted by Gasteiger charge is 2.39. The van der Waals surface area contributed by atoms with Crippen molar-refractivity contribution in [2.75, 3.05) is 32.8 Å². The number of carbonyl (C=O) groups is 1. The lowest BCUT2D eigenvalue weighted by Gasteiger charge is -2.42. The maximum atomic E-state index is 12.8. The van der Waals surface area contributed by atoms with Gasteiger partial charge in [0, 0.05) is 18.9 Å². The van der Waals surface area contributed by atoms with Crippen LogP contribution in [0.5, 0.6) is 5.75 Å². The first-order valence-corrected chi connectivity index (χ1v) is 11.1. The van der Waals surface area contributed by atoms with Gasteiger partial charge in [0.1, 0.15) is 11.9 Å². The van der Waals surface area contributed by atoms with E-state index in [1.54, 1.807) is 12.1 Å². The Kier molecular flexibility index (Phi) is 7.58. The van der Waals surface area contributed by atoms with Crippen molar-refractivity contribution in [2.45, 2.75) is 65.1 Å². The molecule has 0 spiro atoms. The van der Waals surface area contributed by atoms with E-state index in [9.17, 15) is 4.79 Å². The molecule has 162 valence electrons. The molecule has 0 bridgehead atoms. The number of piperidine rings is 1. The molecule has 0 saturated carbocycles. The van der Waals surface area contributed by atoms with E-state index in [0.717, 1.165) is 31.8 Å². The fourth-order valence-electron chi connectivity index (χ4n) is 4.09. The Bertz CT molecular complexity index is 649. The summed E-state index contributed by atoms with van der Waals surface area (Å²) in [5.74, 6) is 1.21. The first-order valence-electron chi connectivity index (χ1n) is 11.1. The van der Waals surface area contributed by atoms with Crippen LogP contribution in [0.3, 0.4) is 0 Å². The summed E-state index contributed by atoms with van der Waals surface area (Å²) in [6, 6.07) is 7.28. The van der Waals surface area contributed by atoms with Gasteiger partial charge in [-0.3, -0.25) is 0 Å². The van der Waals surface area contributed by atoms with Crippen molar-refractivity contribution >= 4 is 5.97 Å². The molecule has 1 aromatic carbocycles. The molecular weight excluding hydrogens is 366 g/mol. The number of hydrogen-bond acceptors (Lipinski definition) is 5. The van der Waals surface area contributed by atoms with Crippen molar-refractivity contribution < 1.29 is 19.0 Å². The summed E-state index contributed by atoms with van der Waals surface area (Å²) in [5, 5.41) is 0. The van der Waals surface area contributed by atoms with Gasteiger partial charge >= 0.3 is 5.97 Å². The number of likely N-dealkylation sites (tertiary alicyclic amines) is 1. The van der Waals surface area contributed by atoms with Crippen LogP contribution in [0.15, 0.2) is 24.3 Å². The monoisotopic (exact) mass is 403 g/mol. The van der Waals surface area contributed by atoms with E-state index in [1.807, 2.05) is 12.1 Å². The molecular formula is C24H37NO4. The highest BCUT2D eigenvalue weighted by molar-refractivity contribution is 5.89. The Morgan fingerprint density at radius 1 is 1.17 bits per heavy atom. The van der Waals surface area contributed by atoms with E-state index in [1.165, 1.54) is 19.3 Å². The lowest BCUT2D eigenvalue weighted by molar-refractivity contribution is -0.137. The van der Waals surface area contributed by atoms with Crippen molar-refractivity contribution in [1.82, 2.24) is 4.90 Å². The van der Waals surface area contributed by atoms with E-state index in [-0.39, 0.29) is 23.6 Å². The topological polar surface area (TPSA) is 48.0 Å². The third-order valence-corrected chi connectivity index (χ3v) is 5.78. The molecule has 0 radical (unpaired) electrons. The molecule has 2 aliphatic heterocycles. The van der Waals surface area contributed by atoms with Crippen molar-refractivity contribution in [3.63, 3.8) is 0 Å². The fourth-order valence-corrected chi connectivity index (χ4v) is 4.09.